The van der Waals surface area contributed by atoms with E-state index in [2.05, 4.69) is 11.9 Å². The van der Waals surface area contributed by atoms with Crippen LogP contribution in [0.25, 0.3) is 0 Å². The quantitative estimate of drug-likeness (QED) is 0.396. The fourth-order valence-electron chi connectivity index (χ4n) is 1.89. The second kappa shape index (κ2) is 11.7. The molecule has 1 aromatic rings. The van der Waals surface area contributed by atoms with Gasteiger partial charge in [0.2, 0.25) is 0 Å². The second-order valence-corrected chi connectivity index (χ2v) is 5.02. The summed E-state index contributed by atoms with van der Waals surface area (Å²) in [4.78, 5) is 35.3. The SMILES string of the molecule is C=CCOC(=O)CC[C@H](NC(=O)OCc1ccccc1)C(=O)OCC. The molecule has 0 heterocycles. The van der Waals surface area contributed by atoms with Gasteiger partial charge in [-0.2, -0.15) is 0 Å². The molecule has 25 heavy (non-hydrogen) atoms. The summed E-state index contributed by atoms with van der Waals surface area (Å²) in [6.45, 7) is 5.42. The highest BCUT2D eigenvalue weighted by Gasteiger charge is 2.24. The molecular formula is C18H23NO6. The van der Waals surface area contributed by atoms with Crippen LogP contribution in [0.4, 0.5) is 4.79 Å². The van der Waals surface area contributed by atoms with Crippen molar-refractivity contribution < 1.29 is 28.6 Å². The minimum absolute atomic E-state index is 0.0454. The smallest absolute Gasteiger partial charge is 0.408 e. The van der Waals surface area contributed by atoms with Gasteiger partial charge >= 0.3 is 18.0 Å². The molecule has 1 aromatic carbocycles. The molecule has 7 heteroatoms. The Labute approximate surface area is 146 Å². The van der Waals surface area contributed by atoms with Crippen LogP contribution in [0.2, 0.25) is 0 Å². The molecule has 1 rings (SSSR count). The molecule has 0 aliphatic carbocycles. The van der Waals surface area contributed by atoms with Crippen LogP contribution < -0.4 is 5.32 Å². The lowest BCUT2D eigenvalue weighted by molar-refractivity contribution is -0.146. The molecule has 0 bridgehead atoms. The van der Waals surface area contributed by atoms with E-state index in [1.54, 1.807) is 6.92 Å². The Morgan fingerprint density at radius 1 is 1.16 bits per heavy atom. The van der Waals surface area contributed by atoms with E-state index >= 15 is 0 Å². The highest BCUT2D eigenvalue weighted by atomic mass is 16.6. The minimum Gasteiger partial charge on any atom is -0.464 e. The van der Waals surface area contributed by atoms with Gasteiger partial charge in [-0.1, -0.05) is 43.0 Å². The number of nitrogens with one attached hydrogen (secondary N) is 1. The summed E-state index contributed by atoms with van der Waals surface area (Å²) < 4.78 is 14.8. The van der Waals surface area contributed by atoms with Gasteiger partial charge in [0.1, 0.15) is 19.3 Å². The number of alkyl carbamates (subject to hydrolysis) is 1. The van der Waals surface area contributed by atoms with Crippen molar-refractivity contribution in [3.05, 3.63) is 48.6 Å². The summed E-state index contributed by atoms with van der Waals surface area (Å²) in [5.41, 5.74) is 0.818. The number of hydrogen-bond donors (Lipinski definition) is 1. The third-order valence-corrected chi connectivity index (χ3v) is 3.08. The number of carbonyl (C=O) groups is 3. The van der Waals surface area contributed by atoms with Crippen LogP contribution in [-0.2, 0) is 30.4 Å². The first-order valence-electron chi connectivity index (χ1n) is 7.97. The molecule has 0 saturated carbocycles. The van der Waals surface area contributed by atoms with Crippen molar-refractivity contribution in [3.63, 3.8) is 0 Å². The van der Waals surface area contributed by atoms with Gasteiger partial charge in [-0.3, -0.25) is 4.79 Å². The third-order valence-electron chi connectivity index (χ3n) is 3.08. The molecule has 0 fully saturated rings. The van der Waals surface area contributed by atoms with Crippen LogP contribution in [0.15, 0.2) is 43.0 Å². The monoisotopic (exact) mass is 349 g/mol. The zero-order chi connectivity index (χ0) is 18.5. The topological polar surface area (TPSA) is 90.9 Å². The van der Waals surface area contributed by atoms with Crippen molar-refractivity contribution in [3.8, 4) is 0 Å². The Hall–Kier alpha value is -2.83. The lowest BCUT2D eigenvalue weighted by Crippen LogP contribution is -2.42. The van der Waals surface area contributed by atoms with Gasteiger partial charge < -0.3 is 19.5 Å². The number of amides is 1. The van der Waals surface area contributed by atoms with E-state index in [0.29, 0.717) is 0 Å². The first-order valence-corrected chi connectivity index (χ1v) is 7.97. The number of rotatable bonds is 10. The van der Waals surface area contributed by atoms with Crippen molar-refractivity contribution in [2.24, 2.45) is 0 Å². The van der Waals surface area contributed by atoms with Gasteiger partial charge in [0, 0.05) is 6.42 Å². The number of hydrogen-bond acceptors (Lipinski definition) is 6. The first-order chi connectivity index (χ1) is 12.1. The Morgan fingerprint density at radius 3 is 2.52 bits per heavy atom. The number of ether oxygens (including phenoxy) is 3. The van der Waals surface area contributed by atoms with E-state index in [9.17, 15) is 14.4 Å². The number of carbonyl (C=O) groups excluding carboxylic acids is 3. The molecular weight excluding hydrogens is 326 g/mol. The van der Waals surface area contributed by atoms with Crippen LogP contribution in [-0.4, -0.2) is 37.3 Å². The molecule has 0 saturated heterocycles. The summed E-state index contributed by atoms with van der Waals surface area (Å²) in [7, 11) is 0. The zero-order valence-electron chi connectivity index (χ0n) is 14.2. The number of esters is 2. The maximum Gasteiger partial charge on any atom is 0.408 e. The van der Waals surface area contributed by atoms with Crippen molar-refractivity contribution in [1.82, 2.24) is 5.32 Å². The summed E-state index contributed by atoms with van der Waals surface area (Å²) in [6, 6.07) is 8.14. The van der Waals surface area contributed by atoms with Crippen molar-refractivity contribution in [2.75, 3.05) is 13.2 Å². The van der Waals surface area contributed by atoms with E-state index in [0.717, 1.165) is 5.56 Å². The molecule has 1 N–H and O–H groups in total. The minimum atomic E-state index is -0.987. The van der Waals surface area contributed by atoms with E-state index in [-0.39, 0.29) is 32.7 Å². The maximum atomic E-state index is 11.9. The van der Waals surface area contributed by atoms with Crippen molar-refractivity contribution in [1.29, 1.82) is 0 Å². The number of benzene rings is 1. The summed E-state index contributed by atoms with van der Waals surface area (Å²) in [6.07, 6.45) is 0.687. The lowest BCUT2D eigenvalue weighted by Gasteiger charge is -2.17. The van der Waals surface area contributed by atoms with Gasteiger partial charge in [-0.25, -0.2) is 9.59 Å². The highest BCUT2D eigenvalue weighted by molar-refractivity contribution is 5.82. The average Bonchev–Trinajstić information content (AvgIpc) is 2.62. The predicted octanol–water partition coefficient (Wildman–Crippen LogP) is 2.35. The van der Waals surface area contributed by atoms with E-state index < -0.39 is 24.1 Å². The van der Waals surface area contributed by atoms with E-state index in [4.69, 9.17) is 14.2 Å². The first kappa shape index (κ1) is 20.2. The Morgan fingerprint density at radius 2 is 1.88 bits per heavy atom. The van der Waals surface area contributed by atoms with Gasteiger partial charge in [-0.05, 0) is 18.9 Å². The summed E-state index contributed by atoms with van der Waals surface area (Å²) in [5, 5.41) is 2.42. The lowest BCUT2D eigenvalue weighted by atomic mass is 10.1. The molecule has 1 amide bonds. The van der Waals surface area contributed by atoms with Crippen molar-refractivity contribution in [2.45, 2.75) is 32.4 Å². The standard InChI is InChI=1S/C18H23NO6/c1-3-12-24-16(20)11-10-15(17(21)23-4-2)19-18(22)25-13-14-8-6-5-7-9-14/h3,5-9,15H,1,4,10-13H2,2H3,(H,19,22)/t15-/m0/s1. The van der Waals surface area contributed by atoms with Crippen LogP contribution >= 0.6 is 0 Å². The Balaban J connectivity index is 2.51. The van der Waals surface area contributed by atoms with Crippen LogP contribution in [0.5, 0.6) is 0 Å². The van der Waals surface area contributed by atoms with Gasteiger partial charge in [0.05, 0.1) is 6.61 Å². The zero-order valence-corrected chi connectivity index (χ0v) is 14.2. The molecule has 0 unspecified atom stereocenters. The van der Waals surface area contributed by atoms with Crippen LogP contribution in [0, 0.1) is 0 Å². The molecule has 0 aromatic heterocycles. The maximum absolute atomic E-state index is 11.9. The van der Waals surface area contributed by atoms with Gasteiger partial charge in [0.15, 0.2) is 0 Å². The molecule has 0 aliphatic rings. The fraction of sp³-hybridized carbons (Fsp3) is 0.389. The van der Waals surface area contributed by atoms with Crippen LogP contribution in [0.3, 0.4) is 0 Å². The molecule has 0 radical (unpaired) electrons. The van der Waals surface area contributed by atoms with E-state index in [1.807, 2.05) is 30.3 Å². The average molecular weight is 349 g/mol. The normalized spacial score (nSPS) is 11.1. The summed E-state index contributed by atoms with van der Waals surface area (Å²) >= 11 is 0. The fourth-order valence-corrected chi connectivity index (χ4v) is 1.89. The molecule has 136 valence electrons. The Kier molecular flexibility index (Phi) is 9.43. The molecule has 0 aliphatic heterocycles. The van der Waals surface area contributed by atoms with Crippen LogP contribution in [0.1, 0.15) is 25.3 Å². The second-order valence-electron chi connectivity index (χ2n) is 5.02. The van der Waals surface area contributed by atoms with Crippen molar-refractivity contribution >= 4 is 18.0 Å². The largest absolute Gasteiger partial charge is 0.464 e. The predicted molar refractivity (Wildman–Crippen MR) is 90.6 cm³/mol. The van der Waals surface area contributed by atoms with Gasteiger partial charge in [0.25, 0.3) is 0 Å². The Bertz CT molecular complexity index is 572. The van der Waals surface area contributed by atoms with E-state index in [1.165, 1.54) is 6.08 Å². The molecule has 1 atom stereocenters. The molecule has 7 nitrogen and oxygen atoms in total. The van der Waals surface area contributed by atoms with Gasteiger partial charge in [-0.15, -0.1) is 0 Å². The highest BCUT2D eigenvalue weighted by Crippen LogP contribution is 2.05. The summed E-state index contributed by atoms with van der Waals surface area (Å²) in [5.74, 6) is -1.12. The molecule has 0 spiro atoms. The third kappa shape index (κ3) is 8.55.